The van der Waals surface area contributed by atoms with Gasteiger partial charge >= 0.3 is 0 Å². The van der Waals surface area contributed by atoms with Gasteiger partial charge in [-0.05, 0) is 24.5 Å². The lowest BCUT2D eigenvalue weighted by Gasteiger charge is -2.39. The van der Waals surface area contributed by atoms with E-state index in [-0.39, 0.29) is 17.8 Å². The quantitative estimate of drug-likeness (QED) is 0.609. The fraction of sp³-hybridized carbons (Fsp3) is 0.421. The van der Waals surface area contributed by atoms with E-state index in [0.29, 0.717) is 24.9 Å². The Labute approximate surface area is 152 Å². The second-order valence-corrected chi connectivity index (χ2v) is 6.46. The lowest BCUT2D eigenvalue weighted by Crippen LogP contribution is -2.51. The van der Waals surface area contributed by atoms with E-state index in [9.17, 15) is 15.2 Å². The van der Waals surface area contributed by atoms with Gasteiger partial charge in [-0.25, -0.2) is 0 Å². The van der Waals surface area contributed by atoms with Crippen LogP contribution in [0.3, 0.4) is 0 Å². The lowest BCUT2D eigenvalue weighted by atomic mass is 9.90. The van der Waals surface area contributed by atoms with Gasteiger partial charge in [0, 0.05) is 18.8 Å². The minimum atomic E-state index is -0.666. The van der Waals surface area contributed by atoms with Crippen molar-refractivity contribution in [1.29, 1.82) is 0 Å². The Morgan fingerprint density at radius 1 is 1.35 bits per heavy atom. The molecule has 2 aromatic rings. The summed E-state index contributed by atoms with van der Waals surface area (Å²) in [6.45, 7) is 2.55. The average Bonchev–Trinajstić information content (AvgIpc) is 2.68. The van der Waals surface area contributed by atoms with Gasteiger partial charge in [-0.3, -0.25) is 15.1 Å². The molecule has 3 rings (SSSR count). The van der Waals surface area contributed by atoms with Gasteiger partial charge in [-0.2, -0.15) is 0 Å². The van der Waals surface area contributed by atoms with Crippen LogP contribution in [0.15, 0.2) is 48.8 Å². The molecule has 1 aliphatic heterocycles. The van der Waals surface area contributed by atoms with Crippen LogP contribution in [0.1, 0.15) is 37.0 Å². The fourth-order valence-corrected chi connectivity index (χ4v) is 3.38. The molecule has 0 spiro atoms. The van der Waals surface area contributed by atoms with Gasteiger partial charge in [-0.15, -0.1) is 0 Å². The lowest BCUT2D eigenvalue weighted by molar-refractivity contribution is -0.386. The van der Waals surface area contributed by atoms with E-state index in [1.165, 1.54) is 12.4 Å². The highest BCUT2D eigenvalue weighted by molar-refractivity contribution is 5.39. The molecule has 0 radical (unpaired) electrons. The van der Waals surface area contributed by atoms with Crippen LogP contribution < -0.4 is 5.32 Å². The molecular formula is C19H23N3O4. The van der Waals surface area contributed by atoms with Crippen molar-refractivity contribution in [1.82, 2.24) is 10.3 Å². The van der Waals surface area contributed by atoms with Crippen molar-refractivity contribution in [3.8, 4) is 0 Å². The molecule has 2 N–H and O–H groups in total. The SMILES string of the molecule is CC[C@H]1O[C@@H](c2ccncc2[N+](=O)[O-])C[C@@H](NCc2ccccc2)[C@@H]1O. The summed E-state index contributed by atoms with van der Waals surface area (Å²) in [4.78, 5) is 14.7. The smallest absolute Gasteiger partial charge is 0.293 e. The number of aromatic nitrogens is 1. The first-order valence-corrected chi connectivity index (χ1v) is 8.79. The van der Waals surface area contributed by atoms with Crippen LogP contribution in [-0.2, 0) is 11.3 Å². The first kappa shape index (κ1) is 18.4. The summed E-state index contributed by atoms with van der Waals surface area (Å²) in [5.74, 6) is 0. The van der Waals surface area contributed by atoms with Gasteiger partial charge < -0.3 is 15.2 Å². The van der Waals surface area contributed by atoms with E-state index in [0.717, 1.165) is 5.56 Å². The molecule has 0 amide bonds. The first-order chi connectivity index (χ1) is 12.6. The molecule has 7 heteroatoms. The molecule has 0 aliphatic carbocycles. The van der Waals surface area contributed by atoms with E-state index >= 15 is 0 Å². The number of hydrogen-bond donors (Lipinski definition) is 2. The number of benzene rings is 1. The van der Waals surface area contributed by atoms with Gasteiger partial charge in [0.15, 0.2) is 0 Å². The monoisotopic (exact) mass is 357 g/mol. The summed E-state index contributed by atoms with van der Waals surface area (Å²) < 4.78 is 5.98. The Morgan fingerprint density at radius 3 is 2.81 bits per heavy atom. The van der Waals surface area contributed by atoms with E-state index in [4.69, 9.17) is 4.74 Å². The molecule has 1 fully saturated rings. The third-order valence-corrected chi connectivity index (χ3v) is 4.79. The number of nitrogens with one attached hydrogen (secondary N) is 1. The molecule has 1 aromatic carbocycles. The number of nitro groups is 1. The van der Waals surface area contributed by atoms with Crippen LogP contribution in [0.5, 0.6) is 0 Å². The number of aliphatic hydroxyl groups excluding tert-OH is 1. The van der Waals surface area contributed by atoms with Gasteiger partial charge in [0.05, 0.1) is 28.8 Å². The largest absolute Gasteiger partial charge is 0.389 e. The maximum absolute atomic E-state index is 11.3. The molecular weight excluding hydrogens is 334 g/mol. The van der Waals surface area contributed by atoms with Crippen LogP contribution >= 0.6 is 0 Å². The molecule has 0 saturated carbocycles. The normalized spacial score (nSPS) is 25.8. The minimum Gasteiger partial charge on any atom is -0.389 e. The van der Waals surface area contributed by atoms with E-state index in [1.54, 1.807) is 6.07 Å². The zero-order valence-corrected chi connectivity index (χ0v) is 14.6. The molecule has 2 heterocycles. The van der Waals surface area contributed by atoms with Gasteiger partial charge in [0.25, 0.3) is 5.69 Å². The third kappa shape index (κ3) is 4.07. The highest BCUT2D eigenvalue weighted by Crippen LogP contribution is 2.36. The highest BCUT2D eigenvalue weighted by atomic mass is 16.6. The van der Waals surface area contributed by atoms with Gasteiger partial charge in [0.2, 0.25) is 0 Å². The van der Waals surface area contributed by atoms with Crippen molar-refractivity contribution in [2.45, 2.75) is 50.7 Å². The second kappa shape index (κ2) is 8.35. The van der Waals surface area contributed by atoms with Crippen molar-refractivity contribution in [2.24, 2.45) is 0 Å². The predicted molar refractivity (Wildman–Crippen MR) is 96.5 cm³/mol. The molecule has 0 bridgehead atoms. The maximum Gasteiger partial charge on any atom is 0.293 e. The number of pyridine rings is 1. The number of hydrogen-bond acceptors (Lipinski definition) is 6. The first-order valence-electron chi connectivity index (χ1n) is 8.79. The summed E-state index contributed by atoms with van der Waals surface area (Å²) in [5, 5.41) is 25.3. The zero-order chi connectivity index (χ0) is 18.5. The van der Waals surface area contributed by atoms with Gasteiger partial charge in [-0.1, -0.05) is 37.3 Å². The predicted octanol–water partition coefficient (Wildman–Crippen LogP) is 2.75. The molecule has 7 nitrogen and oxygen atoms in total. The Bertz CT molecular complexity index is 741. The summed E-state index contributed by atoms with van der Waals surface area (Å²) in [6.07, 6.45) is 2.35. The molecule has 1 aromatic heterocycles. The van der Waals surface area contributed by atoms with Crippen LogP contribution in [0.25, 0.3) is 0 Å². The highest BCUT2D eigenvalue weighted by Gasteiger charge is 2.39. The fourth-order valence-electron chi connectivity index (χ4n) is 3.38. The Kier molecular flexibility index (Phi) is 5.92. The summed E-state index contributed by atoms with van der Waals surface area (Å²) >= 11 is 0. The van der Waals surface area contributed by atoms with Crippen LogP contribution in [0, 0.1) is 10.1 Å². The number of ether oxygens (including phenoxy) is 1. The molecule has 1 aliphatic rings. The summed E-state index contributed by atoms with van der Waals surface area (Å²) in [5.41, 5.74) is 1.57. The number of nitrogens with zero attached hydrogens (tertiary/aromatic N) is 2. The maximum atomic E-state index is 11.3. The molecule has 26 heavy (non-hydrogen) atoms. The number of aliphatic hydroxyl groups is 1. The minimum absolute atomic E-state index is 0.0504. The number of rotatable bonds is 6. The van der Waals surface area contributed by atoms with E-state index < -0.39 is 17.1 Å². The topological polar surface area (TPSA) is 97.5 Å². The van der Waals surface area contributed by atoms with Crippen molar-refractivity contribution < 1.29 is 14.8 Å². The summed E-state index contributed by atoms with van der Waals surface area (Å²) in [7, 11) is 0. The standard InChI is InChI=1S/C19H23N3O4/c1-2-17-19(23)15(21-11-13-6-4-3-5-7-13)10-18(26-17)14-8-9-20-12-16(14)22(24)25/h3-9,12,15,17-19,21,23H,2,10-11H2,1H3/t15-,17-,18-,19+/m1/s1. The second-order valence-electron chi connectivity index (χ2n) is 6.46. The Balaban J connectivity index is 1.79. The molecule has 0 unspecified atom stereocenters. The summed E-state index contributed by atoms with van der Waals surface area (Å²) in [6, 6.07) is 11.3. The molecule has 4 atom stereocenters. The molecule has 1 saturated heterocycles. The van der Waals surface area contributed by atoms with Crippen LogP contribution in [0.2, 0.25) is 0 Å². The molecule has 138 valence electrons. The zero-order valence-electron chi connectivity index (χ0n) is 14.6. The third-order valence-electron chi connectivity index (χ3n) is 4.79. The van der Waals surface area contributed by atoms with Crippen molar-refractivity contribution in [2.75, 3.05) is 0 Å². The van der Waals surface area contributed by atoms with E-state index in [2.05, 4.69) is 10.3 Å². The van der Waals surface area contributed by atoms with Gasteiger partial charge in [0.1, 0.15) is 6.20 Å². The van der Waals surface area contributed by atoms with E-state index in [1.807, 2.05) is 37.3 Å². The van der Waals surface area contributed by atoms with Crippen molar-refractivity contribution in [3.05, 3.63) is 70.0 Å². The van der Waals surface area contributed by atoms with Crippen molar-refractivity contribution in [3.63, 3.8) is 0 Å². The Morgan fingerprint density at radius 2 is 2.12 bits per heavy atom. The van der Waals surface area contributed by atoms with Crippen LogP contribution in [0.4, 0.5) is 5.69 Å². The van der Waals surface area contributed by atoms with Crippen molar-refractivity contribution >= 4 is 5.69 Å². The average molecular weight is 357 g/mol. The Hall–Kier alpha value is -2.35. The van der Waals surface area contributed by atoms with Crippen LogP contribution in [-0.4, -0.2) is 33.3 Å².